The molecule has 0 bridgehead atoms. The number of aromatic nitrogens is 1. The van der Waals surface area contributed by atoms with Gasteiger partial charge in [-0.05, 0) is 26.0 Å². The number of hydrogen-bond donors (Lipinski definition) is 1. The molecule has 1 amide bonds. The fourth-order valence-electron chi connectivity index (χ4n) is 2.40. The number of H-pyrrole nitrogens is 1. The number of hydrogen-bond acceptors (Lipinski definition) is 2. The molecule has 2 heterocycles. The van der Waals surface area contributed by atoms with Gasteiger partial charge in [0.15, 0.2) is 0 Å². The molecule has 2 rings (SSSR count). The lowest BCUT2D eigenvalue weighted by atomic mass is 9.89. The molecule has 1 aromatic heterocycles. The summed E-state index contributed by atoms with van der Waals surface area (Å²) in [6.07, 6.45) is 3.14. The second kappa shape index (κ2) is 4.35. The minimum Gasteiger partial charge on any atom is -0.365 e. The summed E-state index contributed by atoms with van der Waals surface area (Å²) in [5.41, 5.74) is 0.571. The highest BCUT2D eigenvalue weighted by molar-refractivity contribution is 5.85. The van der Waals surface area contributed by atoms with Crippen LogP contribution in [0, 0.1) is 0 Å². The Bertz CT molecular complexity index is 421. The Labute approximate surface area is 101 Å². The maximum atomic E-state index is 12.2. The van der Waals surface area contributed by atoms with Gasteiger partial charge in [-0.1, -0.05) is 0 Å². The molecule has 4 nitrogen and oxygen atoms in total. The third-order valence-electron chi connectivity index (χ3n) is 3.28. The van der Waals surface area contributed by atoms with Crippen molar-refractivity contribution in [1.29, 1.82) is 0 Å². The van der Waals surface area contributed by atoms with E-state index in [1.54, 1.807) is 0 Å². The molecule has 0 radical (unpaired) electrons. The molecule has 0 unspecified atom stereocenters. The van der Waals surface area contributed by atoms with Crippen LogP contribution in [0.15, 0.2) is 18.3 Å². The van der Waals surface area contributed by atoms with Gasteiger partial charge >= 0.3 is 0 Å². The first-order valence-electron chi connectivity index (χ1n) is 5.93. The molecule has 0 aliphatic carbocycles. The van der Waals surface area contributed by atoms with Gasteiger partial charge in [-0.2, -0.15) is 0 Å². The fraction of sp³-hybridized carbons (Fsp3) is 0.538. The van der Waals surface area contributed by atoms with Gasteiger partial charge in [0.2, 0.25) is 5.91 Å². The summed E-state index contributed by atoms with van der Waals surface area (Å²) >= 11 is 0. The van der Waals surface area contributed by atoms with Gasteiger partial charge in [-0.25, -0.2) is 0 Å². The summed E-state index contributed by atoms with van der Waals surface area (Å²) in [6, 6.07) is 3.79. The van der Waals surface area contributed by atoms with Crippen molar-refractivity contribution in [2.24, 2.45) is 0 Å². The van der Waals surface area contributed by atoms with Gasteiger partial charge in [0.25, 0.3) is 0 Å². The molecule has 1 aliphatic rings. The van der Waals surface area contributed by atoms with E-state index in [0.717, 1.165) is 5.69 Å². The van der Waals surface area contributed by atoms with Crippen LogP contribution in [0.2, 0.25) is 0 Å². The first-order valence-corrected chi connectivity index (χ1v) is 5.93. The average Bonchev–Trinajstić information content (AvgIpc) is 2.68. The van der Waals surface area contributed by atoms with Crippen molar-refractivity contribution in [3.05, 3.63) is 24.0 Å². The largest absolute Gasteiger partial charge is 0.365 e. The lowest BCUT2D eigenvalue weighted by Crippen LogP contribution is -2.53. The maximum absolute atomic E-state index is 12.2. The van der Waals surface area contributed by atoms with Crippen molar-refractivity contribution in [3.8, 4) is 0 Å². The zero-order valence-corrected chi connectivity index (χ0v) is 10.3. The number of ketones is 1. The number of likely N-dealkylation sites (tertiary alicyclic amines) is 1. The summed E-state index contributed by atoms with van der Waals surface area (Å²) in [7, 11) is 0. The molecule has 0 spiro atoms. The smallest absolute Gasteiger partial charge is 0.228 e. The standard InChI is InChI=1S/C13H18N2O2/c1-13(2)9-11(16)5-7-15(13)12(17)8-10-4-3-6-14-10/h3-4,6,14H,5,7-9H2,1-2H3. The van der Waals surface area contributed by atoms with E-state index < -0.39 is 0 Å². The van der Waals surface area contributed by atoms with Crippen molar-refractivity contribution in [3.63, 3.8) is 0 Å². The van der Waals surface area contributed by atoms with E-state index in [4.69, 9.17) is 0 Å². The van der Waals surface area contributed by atoms with Crippen LogP contribution in [-0.2, 0) is 16.0 Å². The van der Waals surface area contributed by atoms with Crippen molar-refractivity contribution < 1.29 is 9.59 Å². The summed E-state index contributed by atoms with van der Waals surface area (Å²) in [5, 5.41) is 0. The Balaban J connectivity index is 2.06. The van der Waals surface area contributed by atoms with Gasteiger partial charge in [0.05, 0.1) is 6.42 Å². The highest BCUT2D eigenvalue weighted by atomic mass is 16.2. The van der Waals surface area contributed by atoms with Crippen LogP contribution in [0.25, 0.3) is 0 Å². The topological polar surface area (TPSA) is 53.2 Å². The number of nitrogens with zero attached hydrogens (tertiary/aromatic N) is 1. The molecule has 0 saturated carbocycles. The normalized spacial score (nSPS) is 19.4. The van der Waals surface area contributed by atoms with Crippen molar-refractivity contribution >= 4 is 11.7 Å². The fourth-order valence-corrected chi connectivity index (χ4v) is 2.40. The summed E-state index contributed by atoms with van der Waals surface area (Å²) < 4.78 is 0. The zero-order valence-electron chi connectivity index (χ0n) is 10.3. The number of rotatable bonds is 2. The number of carbonyl (C=O) groups excluding carboxylic acids is 2. The maximum Gasteiger partial charge on any atom is 0.228 e. The van der Waals surface area contributed by atoms with E-state index in [1.807, 2.05) is 37.1 Å². The van der Waals surface area contributed by atoms with Crippen molar-refractivity contribution in [2.75, 3.05) is 6.54 Å². The predicted molar refractivity (Wildman–Crippen MR) is 64.5 cm³/mol. The first-order chi connectivity index (χ1) is 7.99. The third kappa shape index (κ3) is 2.57. The van der Waals surface area contributed by atoms with Crippen molar-refractivity contribution in [1.82, 2.24) is 9.88 Å². The van der Waals surface area contributed by atoms with Crippen LogP contribution in [0.5, 0.6) is 0 Å². The Morgan fingerprint density at radius 2 is 2.29 bits per heavy atom. The molecule has 1 aliphatic heterocycles. The molecular weight excluding hydrogens is 216 g/mol. The third-order valence-corrected chi connectivity index (χ3v) is 3.28. The molecule has 0 aromatic carbocycles. The molecule has 1 fully saturated rings. The van der Waals surface area contributed by atoms with E-state index in [2.05, 4.69) is 4.98 Å². The molecular formula is C13H18N2O2. The minimum absolute atomic E-state index is 0.0879. The Kier molecular flexibility index (Phi) is 3.05. The van der Waals surface area contributed by atoms with Crippen LogP contribution in [-0.4, -0.2) is 33.7 Å². The van der Waals surface area contributed by atoms with E-state index in [-0.39, 0.29) is 17.2 Å². The van der Waals surface area contributed by atoms with Gasteiger partial charge in [0.1, 0.15) is 5.78 Å². The number of Topliss-reactive ketones (excluding diaryl/α,β-unsaturated/α-hetero) is 1. The Hall–Kier alpha value is -1.58. The summed E-state index contributed by atoms with van der Waals surface area (Å²) in [4.78, 5) is 28.5. The number of carbonyl (C=O) groups is 2. The van der Waals surface area contributed by atoms with E-state index in [9.17, 15) is 9.59 Å². The van der Waals surface area contributed by atoms with Gasteiger partial charge < -0.3 is 9.88 Å². The van der Waals surface area contributed by atoms with E-state index in [1.165, 1.54) is 0 Å². The number of piperidine rings is 1. The van der Waals surface area contributed by atoms with Gasteiger partial charge in [-0.15, -0.1) is 0 Å². The number of nitrogens with one attached hydrogen (secondary N) is 1. The predicted octanol–water partition coefficient (Wildman–Crippen LogP) is 1.53. The Morgan fingerprint density at radius 3 is 2.88 bits per heavy atom. The highest BCUT2D eigenvalue weighted by Gasteiger charge is 2.36. The zero-order chi connectivity index (χ0) is 12.5. The molecule has 1 aromatic rings. The lowest BCUT2D eigenvalue weighted by molar-refractivity contribution is -0.141. The highest BCUT2D eigenvalue weighted by Crippen LogP contribution is 2.25. The second-order valence-corrected chi connectivity index (χ2v) is 5.20. The molecule has 0 atom stereocenters. The second-order valence-electron chi connectivity index (χ2n) is 5.20. The number of aromatic amines is 1. The quantitative estimate of drug-likeness (QED) is 0.843. The Morgan fingerprint density at radius 1 is 1.53 bits per heavy atom. The van der Waals surface area contributed by atoms with Crippen molar-refractivity contribution in [2.45, 2.75) is 38.6 Å². The van der Waals surface area contributed by atoms with Gasteiger partial charge in [0, 0.05) is 36.8 Å². The van der Waals surface area contributed by atoms with E-state index >= 15 is 0 Å². The molecule has 4 heteroatoms. The van der Waals surface area contributed by atoms with Crippen LogP contribution in [0.1, 0.15) is 32.4 Å². The minimum atomic E-state index is -0.348. The van der Waals surface area contributed by atoms with E-state index in [0.29, 0.717) is 25.8 Å². The molecule has 1 saturated heterocycles. The van der Waals surface area contributed by atoms with Crippen LogP contribution in [0.4, 0.5) is 0 Å². The average molecular weight is 234 g/mol. The van der Waals surface area contributed by atoms with Crippen LogP contribution >= 0.6 is 0 Å². The van der Waals surface area contributed by atoms with Gasteiger partial charge in [-0.3, -0.25) is 9.59 Å². The van der Waals surface area contributed by atoms with Crippen LogP contribution in [0.3, 0.4) is 0 Å². The monoisotopic (exact) mass is 234 g/mol. The SMILES string of the molecule is CC1(C)CC(=O)CCN1C(=O)Cc1ccc[nH]1. The summed E-state index contributed by atoms with van der Waals surface area (Å²) in [6.45, 7) is 4.46. The molecule has 1 N–H and O–H groups in total. The van der Waals surface area contributed by atoms with Crippen LogP contribution < -0.4 is 0 Å². The summed E-state index contributed by atoms with van der Waals surface area (Å²) in [5.74, 6) is 0.337. The molecule has 17 heavy (non-hydrogen) atoms. The lowest BCUT2D eigenvalue weighted by Gasteiger charge is -2.41. The first kappa shape index (κ1) is 11.9. The number of amides is 1. The molecule has 92 valence electrons.